The molecule has 3 rings (SSSR count). The van der Waals surface area contributed by atoms with Crippen molar-refractivity contribution < 1.29 is 19.0 Å². The van der Waals surface area contributed by atoms with Crippen molar-refractivity contribution in [3.05, 3.63) is 81.6 Å². The van der Waals surface area contributed by atoms with E-state index in [1.165, 1.54) is 4.88 Å². The van der Waals surface area contributed by atoms with Gasteiger partial charge in [-0.25, -0.2) is 0 Å². The number of aryl methyl sites for hydroxylation is 1. The van der Waals surface area contributed by atoms with E-state index < -0.39 is 0 Å². The molecule has 1 aromatic heterocycles. The maximum atomic E-state index is 12.3. The Labute approximate surface area is 188 Å². The van der Waals surface area contributed by atoms with E-state index in [2.05, 4.69) is 6.92 Å². The minimum Gasteiger partial charge on any atom is -0.490 e. The fourth-order valence-corrected chi connectivity index (χ4v) is 3.85. The van der Waals surface area contributed by atoms with Gasteiger partial charge in [-0.1, -0.05) is 31.2 Å². The van der Waals surface area contributed by atoms with Gasteiger partial charge in [0.25, 0.3) is 0 Å². The SMILES string of the molecule is CCOc1ccc(COc2ccc(/C=C/C(=O)c3ccc(CC)s3)cc2)cc1OCC. The van der Waals surface area contributed by atoms with Crippen LogP contribution < -0.4 is 14.2 Å². The minimum atomic E-state index is 0.0330. The van der Waals surface area contributed by atoms with Crippen LogP contribution >= 0.6 is 11.3 Å². The monoisotopic (exact) mass is 436 g/mol. The highest BCUT2D eigenvalue weighted by Gasteiger charge is 2.07. The van der Waals surface area contributed by atoms with E-state index >= 15 is 0 Å². The van der Waals surface area contributed by atoms with Gasteiger partial charge in [-0.3, -0.25) is 4.79 Å². The third-order valence-electron chi connectivity index (χ3n) is 4.57. The number of hydrogen-bond acceptors (Lipinski definition) is 5. The Morgan fingerprint density at radius 3 is 2.29 bits per heavy atom. The summed E-state index contributed by atoms with van der Waals surface area (Å²) < 4.78 is 17.2. The molecule has 31 heavy (non-hydrogen) atoms. The first-order valence-corrected chi connectivity index (χ1v) is 11.4. The molecular formula is C26H28O4S. The molecule has 3 aromatic rings. The van der Waals surface area contributed by atoms with Gasteiger partial charge in [0.05, 0.1) is 18.1 Å². The lowest BCUT2D eigenvalue weighted by Gasteiger charge is -2.13. The molecule has 0 radical (unpaired) electrons. The second kappa shape index (κ2) is 11.4. The Morgan fingerprint density at radius 1 is 0.871 bits per heavy atom. The van der Waals surface area contributed by atoms with E-state index in [1.54, 1.807) is 17.4 Å². The van der Waals surface area contributed by atoms with Gasteiger partial charge < -0.3 is 14.2 Å². The second-order valence-electron chi connectivity index (χ2n) is 6.82. The highest BCUT2D eigenvalue weighted by molar-refractivity contribution is 7.14. The van der Waals surface area contributed by atoms with Crippen molar-refractivity contribution in [2.75, 3.05) is 13.2 Å². The predicted molar refractivity (Wildman–Crippen MR) is 127 cm³/mol. The Bertz CT molecular complexity index is 1020. The van der Waals surface area contributed by atoms with E-state index in [0.29, 0.717) is 19.8 Å². The summed E-state index contributed by atoms with van der Waals surface area (Å²) >= 11 is 1.55. The number of thiophene rings is 1. The van der Waals surface area contributed by atoms with Crippen molar-refractivity contribution in [1.82, 2.24) is 0 Å². The topological polar surface area (TPSA) is 44.8 Å². The zero-order chi connectivity index (χ0) is 22.1. The molecule has 0 spiro atoms. The average molecular weight is 437 g/mol. The number of carbonyl (C=O) groups excluding carboxylic acids is 1. The third kappa shape index (κ3) is 6.46. The number of carbonyl (C=O) groups is 1. The van der Waals surface area contributed by atoms with Crippen molar-refractivity contribution in [2.24, 2.45) is 0 Å². The van der Waals surface area contributed by atoms with Crippen LogP contribution in [0.15, 0.2) is 60.7 Å². The average Bonchev–Trinajstić information content (AvgIpc) is 3.28. The summed E-state index contributed by atoms with van der Waals surface area (Å²) in [5.41, 5.74) is 1.96. The second-order valence-corrected chi connectivity index (χ2v) is 7.99. The first-order chi connectivity index (χ1) is 15.1. The smallest absolute Gasteiger partial charge is 0.195 e. The summed E-state index contributed by atoms with van der Waals surface area (Å²) in [6, 6.07) is 17.4. The molecule has 0 bridgehead atoms. The van der Waals surface area contributed by atoms with Crippen LogP contribution in [0.4, 0.5) is 0 Å². The maximum absolute atomic E-state index is 12.3. The Balaban J connectivity index is 1.58. The molecule has 0 aliphatic carbocycles. The molecular weight excluding hydrogens is 408 g/mol. The van der Waals surface area contributed by atoms with Gasteiger partial charge in [0.15, 0.2) is 17.3 Å². The summed E-state index contributed by atoms with van der Waals surface area (Å²) in [5.74, 6) is 2.27. The Kier molecular flexibility index (Phi) is 8.30. The maximum Gasteiger partial charge on any atom is 0.195 e. The fraction of sp³-hybridized carbons (Fsp3) is 0.269. The molecule has 2 aromatic carbocycles. The minimum absolute atomic E-state index is 0.0330. The molecule has 0 amide bonds. The number of allylic oxidation sites excluding steroid dienone is 1. The summed E-state index contributed by atoms with van der Waals surface area (Å²) in [6.45, 7) is 7.59. The molecule has 0 atom stereocenters. The fourth-order valence-electron chi connectivity index (χ4n) is 2.98. The molecule has 162 valence electrons. The quantitative estimate of drug-likeness (QED) is 0.251. The molecule has 4 nitrogen and oxygen atoms in total. The van der Waals surface area contributed by atoms with Gasteiger partial charge in [0, 0.05) is 4.88 Å². The standard InChI is InChI=1S/C26H28O4S/c1-4-22-13-16-26(31-22)23(27)14-9-19-7-11-21(12-8-19)30-18-20-10-15-24(28-5-2)25(17-20)29-6-3/h7-17H,4-6,18H2,1-3H3/b14-9+. The molecule has 1 heterocycles. The number of ketones is 1. The van der Waals surface area contributed by atoms with Crippen molar-refractivity contribution in [1.29, 1.82) is 0 Å². The third-order valence-corrected chi connectivity index (χ3v) is 5.82. The molecule has 0 aliphatic rings. The highest BCUT2D eigenvalue weighted by atomic mass is 32.1. The lowest BCUT2D eigenvalue weighted by atomic mass is 10.1. The number of hydrogen-bond donors (Lipinski definition) is 0. The Morgan fingerprint density at radius 2 is 1.61 bits per heavy atom. The lowest BCUT2D eigenvalue weighted by Crippen LogP contribution is -2.01. The van der Waals surface area contributed by atoms with Crippen LogP contribution in [0.2, 0.25) is 0 Å². The van der Waals surface area contributed by atoms with Crippen LogP contribution in [0.3, 0.4) is 0 Å². The van der Waals surface area contributed by atoms with Crippen LogP contribution in [0.25, 0.3) is 6.08 Å². The molecule has 0 saturated carbocycles. The van der Waals surface area contributed by atoms with Crippen LogP contribution in [-0.2, 0) is 13.0 Å². The van der Waals surface area contributed by atoms with Gasteiger partial charge in [-0.05, 0) is 73.9 Å². The zero-order valence-corrected chi connectivity index (χ0v) is 19.0. The van der Waals surface area contributed by atoms with Gasteiger partial charge in [-0.15, -0.1) is 11.3 Å². The zero-order valence-electron chi connectivity index (χ0n) is 18.2. The van der Waals surface area contributed by atoms with Crippen molar-refractivity contribution in [3.63, 3.8) is 0 Å². The van der Waals surface area contributed by atoms with Gasteiger partial charge >= 0.3 is 0 Å². The van der Waals surface area contributed by atoms with E-state index in [4.69, 9.17) is 14.2 Å². The van der Waals surface area contributed by atoms with E-state index in [-0.39, 0.29) is 5.78 Å². The number of benzene rings is 2. The molecule has 0 fully saturated rings. The van der Waals surface area contributed by atoms with Gasteiger partial charge in [0.1, 0.15) is 12.4 Å². The summed E-state index contributed by atoms with van der Waals surface area (Å²) in [7, 11) is 0. The predicted octanol–water partition coefficient (Wildman–Crippen LogP) is 6.58. The van der Waals surface area contributed by atoms with E-state index in [0.717, 1.165) is 39.7 Å². The van der Waals surface area contributed by atoms with Crippen molar-refractivity contribution in [2.45, 2.75) is 33.8 Å². The summed E-state index contributed by atoms with van der Waals surface area (Å²) in [5, 5.41) is 0. The molecule has 0 saturated heterocycles. The number of ether oxygens (including phenoxy) is 3. The van der Waals surface area contributed by atoms with Crippen molar-refractivity contribution in [3.8, 4) is 17.2 Å². The highest BCUT2D eigenvalue weighted by Crippen LogP contribution is 2.29. The molecule has 0 unspecified atom stereocenters. The first kappa shape index (κ1) is 22.6. The van der Waals surface area contributed by atoms with E-state index in [9.17, 15) is 4.79 Å². The Hall–Kier alpha value is -3.05. The van der Waals surface area contributed by atoms with Gasteiger partial charge in [0.2, 0.25) is 0 Å². The van der Waals surface area contributed by atoms with Gasteiger partial charge in [-0.2, -0.15) is 0 Å². The molecule has 0 N–H and O–H groups in total. The number of rotatable bonds is 11. The largest absolute Gasteiger partial charge is 0.490 e. The normalized spacial score (nSPS) is 10.9. The molecule has 0 aliphatic heterocycles. The van der Waals surface area contributed by atoms with Crippen molar-refractivity contribution >= 4 is 23.2 Å². The first-order valence-electron chi connectivity index (χ1n) is 10.5. The van der Waals surface area contributed by atoms with Crippen LogP contribution in [0.1, 0.15) is 46.4 Å². The van der Waals surface area contributed by atoms with E-state index in [1.807, 2.05) is 74.5 Å². The van der Waals surface area contributed by atoms with Crippen LogP contribution in [0.5, 0.6) is 17.2 Å². The van der Waals surface area contributed by atoms with Crippen LogP contribution in [-0.4, -0.2) is 19.0 Å². The molecule has 5 heteroatoms. The summed E-state index contributed by atoms with van der Waals surface area (Å²) in [6.07, 6.45) is 4.40. The van der Waals surface area contributed by atoms with Crippen LogP contribution in [0, 0.1) is 0 Å². The summed E-state index contributed by atoms with van der Waals surface area (Å²) in [4.78, 5) is 14.3. The lowest BCUT2D eigenvalue weighted by molar-refractivity contribution is 0.105.